The Morgan fingerprint density at radius 1 is 1.33 bits per heavy atom. The van der Waals surface area contributed by atoms with Gasteiger partial charge in [0, 0.05) is 24.2 Å². The summed E-state index contributed by atoms with van der Waals surface area (Å²) in [5.41, 5.74) is 9.61. The summed E-state index contributed by atoms with van der Waals surface area (Å²) in [6.45, 7) is 5.34. The highest BCUT2D eigenvalue weighted by molar-refractivity contribution is 5.20. The van der Waals surface area contributed by atoms with Crippen molar-refractivity contribution in [1.29, 1.82) is 0 Å². The van der Waals surface area contributed by atoms with Crippen molar-refractivity contribution in [3.05, 3.63) is 17.5 Å². The molecule has 116 valence electrons. The zero-order valence-electron chi connectivity index (χ0n) is 13.5. The maximum absolute atomic E-state index is 6.97. The molecule has 3 aliphatic rings. The number of nitrogens with two attached hydrogens (primary N) is 1. The quantitative estimate of drug-likeness (QED) is 0.924. The third kappa shape index (κ3) is 2.00. The van der Waals surface area contributed by atoms with Crippen molar-refractivity contribution < 1.29 is 0 Å². The summed E-state index contributed by atoms with van der Waals surface area (Å²) in [7, 11) is 0. The summed E-state index contributed by atoms with van der Waals surface area (Å²) in [6, 6.07) is 2.30. The number of nitrogens with zero attached hydrogens (tertiary/aromatic N) is 2. The fourth-order valence-electron chi connectivity index (χ4n) is 5.96. The van der Waals surface area contributed by atoms with Gasteiger partial charge in [0.05, 0.1) is 5.69 Å². The van der Waals surface area contributed by atoms with Crippen LogP contribution < -0.4 is 5.73 Å². The summed E-state index contributed by atoms with van der Waals surface area (Å²) in [6.07, 6.45) is 9.10. The van der Waals surface area contributed by atoms with Gasteiger partial charge >= 0.3 is 0 Å². The normalized spacial score (nSPS) is 40.9. The molecule has 3 fully saturated rings. The van der Waals surface area contributed by atoms with Crippen LogP contribution in [0.1, 0.15) is 57.3 Å². The predicted octanol–water partition coefficient (Wildman–Crippen LogP) is 3.16. The Kier molecular flexibility index (Phi) is 3.18. The van der Waals surface area contributed by atoms with Crippen molar-refractivity contribution in [3.63, 3.8) is 0 Å². The highest BCUT2D eigenvalue weighted by atomic mass is 15.3. The van der Waals surface area contributed by atoms with Crippen LogP contribution in [0.15, 0.2) is 6.07 Å². The van der Waals surface area contributed by atoms with Gasteiger partial charge in [-0.3, -0.25) is 4.68 Å². The largest absolute Gasteiger partial charge is 0.324 e. The maximum atomic E-state index is 6.97. The molecule has 0 saturated heterocycles. The van der Waals surface area contributed by atoms with Crippen LogP contribution in [0.5, 0.6) is 0 Å². The molecule has 2 N–H and O–H groups in total. The minimum absolute atomic E-state index is 0.0497. The molecule has 2 bridgehead atoms. The summed E-state index contributed by atoms with van der Waals surface area (Å²) in [4.78, 5) is 0. The molecule has 0 spiro atoms. The highest BCUT2D eigenvalue weighted by Gasteiger charge is 2.59. The second kappa shape index (κ2) is 4.84. The van der Waals surface area contributed by atoms with E-state index >= 15 is 0 Å². The van der Waals surface area contributed by atoms with Gasteiger partial charge in [0.25, 0.3) is 0 Å². The minimum atomic E-state index is 0.0497. The first-order chi connectivity index (χ1) is 10.1. The van der Waals surface area contributed by atoms with E-state index in [-0.39, 0.29) is 5.54 Å². The fraction of sp³-hybridized carbons (Fsp3) is 0.833. The van der Waals surface area contributed by atoms with Gasteiger partial charge in [0.15, 0.2) is 0 Å². The van der Waals surface area contributed by atoms with Gasteiger partial charge < -0.3 is 5.73 Å². The molecule has 0 amide bonds. The van der Waals surface area contributed by atoms with E-state index in [0.29, 0.717) is 0 Å². The Labute approximate surface area is 128 Å². The number of rotatable bonds is 4. The second-order valence-electron chi connectivity index (χ2n) is 7.77. The van der Waals surface area contributed by atoms with Crippen LogP contribution in [0.3, 0.4) is 0 Å². The van der Waals surface area contributed by atoms with Crippen LogP contribution in [-0.4, -0.2) is 15.3 Å². The summed E-state index contributed by atoms with van der Waals surface area (Å²) >= 11 is 0. The summed E-state index contributed by atoms with van der Waals surface area (Å²) in [5, 5.41) is 4.71. The molecule has 3 heteroatoms. The third-order valence-electron chi connectivity index (χ3n) is 6.77. The Balaban J connectivity index is 1.58. The van der Waals surface area contributed by atoms with Crippen molar-refractivity contribution in [2.24, 2.45) is 29.4 Å². The molecule has 0 aromatic carbocycles. The van der Waals surface area contributed by atoms with Crippen LogP contribution in [0.25, 0.3) is 0 Å². The van der Waals surface area contributed by atoms with E-state index in [1.807, 2.05) is 0 Å². The number of aromatic nitrogens is 2. The molecule has 1 heterocycles. The van der Waals surface area contributed by atoms with Gasteiger partial charge in [-0.1, -0.05) is 13.3 Å². The lowest BCUT2D eigenvalue weighted by Crippen LogP contribution is -2.51. The minimum Gasteiger partial charge on any atom is -0.324 e. The van der Waals surface area contributed by atoms with Crippen LogP contribution in [-0.2, 0) is 19.4 Å². The van der Waals surface area contributed by atoms with Gasteiger partial charge in [0.2, 0.25) is 0 Å². The monoisotopic (exact) mass is 287 g/mol. The molecular weight excluding hydrogens is 258 g/mol. The van der Waals surface area contributed by atoms with E-state index in [2.05, 4.69) is 24.6 Å². The van der Waals surface area contributed by atoms with E-state index < -0.39 is 0 Å². The van der Waals surface area contributed by atoms with Crippen LogP contribution in [0.4, 0.5) is 0 Å². The Hall–Kier alpha value is -0.830. The van der Waals surface area contributed by atoms with E-state index in [9.17, 15) is 0 Å². The molecule has 1 aromatic heterocycles. The van der Waals surface area contributed by atoms with Crippen molar-refractivity contribution in [2.45, 2.75) is 70.9 Å². The molecule has 3 aliphatic carbocycles. The standard InChI is InChI=1S/C18H29N3/c1-3-13-9-14(21(4-2)20-13)11-18(19)10-12-8-17(18)16-7-5-6-15(12)16/h9,12,15-17H,3-8,10-11,19H2,1-2H3. The molecule has 0 radical (unpaired) electrons. The van der Waals surface area contributed by atoms with E-state index in [1.165, 1.54) is 43.5 Å². The van der Waals surface area contributed by atoms with Crippen LogP contribution in [0, 0.1) is 23.7 Å². The molecule has 21 heavy (non-hydrogen) atoms. The highest BCUT2D eigenvalue weighted by Crippen LogP contribution is 2.62. The first-order valence-corrected chi connectivity index (χ1v) is 8.99. The summed E-state index contributed by atoms with van der Waals surface area (Å²) in [5.74, 6) is 3.67. The predicted molar refractivity (Wildman–Crippen MR) is 84.9 cm³/mol. The first-order valence-electron chi connectivity index (χ1n) is 8.99. The molecule has 5 atom stereocenters. The maximum Gasteiger partial charge on any atom is 0.0624 e. The second-order valence-corrected chi connectivity index (χ2v) is 7.77. The average molecular weight is 287 g/mol. The number of fused-ring (bicyclic) bond motifs is 5. The molecule has 5 unspecified atom stereocenters. The Bertz CT molecular complexity index is 535. The van der Waals surface area contributed by atoms with Crippen molar-refractivity contribution in [3.8, 4) is 0 Å². The van der Waals surface area contributed by atoms with Crippen molar-refractivity contribution >= 4 is 0 Å². The number of hydrogen-bond donors (Lipinski definition) is 1. The zero-order valence-corrected chi connectivity index (χ0v) is 13.5. The number of hydrogen-bond acceptors (Lipinski definition) is 2. The molecule has 4 rings (SSSR count). The van der Waals surface area contributed by atoms with Crippen molar-refractivity contribution in [2.75, 3.05) is 0 Å². The van der Waals surface area contributed by atoms with Gasteiger partial charge in [-0.15, -0.1) is 0 Å². The van der Waals surface area contributed by atoms with Crippen LogP contribution in [0.2, 0.25) is 0 Å². The molecule has 1 aromatic rings. The Morgan fingerprint density at radius 3 is 2.90 bits per heavy atom. The Morgan fingerprint density at radius 2 is 2.14 bits per heavy atom. The molecule has 3 nitrogen and oxygen atoms in total. The van der Waals surface area contributed by atoms with Gasteiger partial charge in [0.1, 0.15) is 0 Å². The van der Waals surface area contributed by atoms with Gasteiger partial charge in [-0.25, -0.2) is 0 Å². The summed E-state index contributed by atoms with van der Waals surface area (Å²) < 4.78 is 2.19. The molecule has 0 aliphatic heterocycles. The lowest BCUT2D eigenvalue weighted by atomic mass is 9.69. The topological polar surface area (TPSA) is 43.8 Å². The zero-order chi connectivity index (χ0) is 14.6. The molecular formula is C18H29N3. The SMILES string of the molecule is CCc1cc(CC2(N)CC3CC2C2CCCC32)n(CC)n1. The van der Waals surface area contributed by atoms with E-state index in [0.717, 1.165) is 43.1 Å². The van der Waals surface area contributed by atoms with Gasteiger partial charge in [-0.05, 0) is 68.8 Å². The van der Waals surface area contributed by atoms with E-state index in [4.69, 9.17) is 10.8 Å². The smallest absolute Gasteiger partial charge is 0.0624 e. The fourth-order valence-corrected chi connectivity index (χ4v) is 5.96. The average Bonchev–Trinajstić information content (AvgIpc) is 3.18. The van der Waals surface area contributed by atoms with E-state index in [1.54, 1.807) is 0 Å². The van der Waals surface area contributed by atoms with Crippen LogP contribution >= 0.6 is 0 Å². The first kappa shape index (κ1) is 13.8. The third-order valence-corrected chi connectivity index (χ3v) is 6.77. The van der Waals surface area contributed by atoms with Crippen molar-refractivity contribution in [1.82, 2.24) is 9.78 Å². The molecule has 3 saturated carbocycles. The number of aryl methyl sites for hydroxylation is 2. The van der Waals surface area contributed by atoms with Gasteiger partial charge in [-0.2, -0.15) is 5.10 Å². The lowest BCUT2D eigenvalue weighted by molar-refractivity contribution is 0.154. The lowest BCUT2D eigenvalue weighted by Gasteiger charge is -2.40.